The van der Waals surface area contributed by atoms with Gasteiger partial charge in [-0.25, -0.2) is 8.42 Å². The van der Waals surface area contributed by atoms with E-state index in [0.29, 0.717) is 12.2 Å². The van der Waals surface area contributed by atoms with Crippen molar-refractivity contribution < 1.29 is 8.42 Å². The van der Waals surface area contributed by atoms with Crippen molar-refractivity contribution in [3.05, 3.63) is 90.3 Å². The van der Waals surface area contributed by atoms with E-state index in [9.17, 15) is 8.42 Å². The van der Waals surface area contributed by atoms with Crippen molar-refractivity contribution in [2.75, 3.05) is 4.72 Å². The Morgan fingerprint density at radius 2 is 1.78 bits per heavy atom. The van der Waals surface area contributed by atoms with E-state index in [1.807, 2.05) is 55.5 Å². The molecule has 0 radical (unpaired) electrons. The molecule has 0 unspecified atom stereocenters. The van der Waals surface area contributed by atoms with Gasteiger partial charge in [-0.05, 0) is 35.4 Å². The molecule has 4 rings (SSSR count). The maximum Gasteiger partial charge on any atom is 0.262 e. The van der Waals surface area contributed by atoms with Crippen molar-refractivity contribution in [1.82, 2.24) is 9.78 Å². The molecule has 0 fully saturated rings. The third-order valence-electron chi connectivity index (χ3n) is 4.34. The maximum atomic E-state index is 12.7. The van der Waals surface area contributed by atoms with Crippen LogP contribution in [0.5, 0.6) is 0 Å². The number of fused-ring (bicyclic) bond motifs is 1. The molecule has 0 aliphatic carbocycles. The zero-order valence-electron chi connectivity index (χ0n) is 14.8. The Bertz CT molecular complexity index is 1210. The average Bonchev–Trinajstić information content (AvgIpc) is 3.07. The first-order valence-electron chi connectivity index (χ1n) is 8.59. The number of hydrogen-bond acceptors (Lipinski definition) is 3. The molecular formula is C21H19N3O2S. The Morgan fingerprint density at radius 3 is 2.59 bits per heavy atom. The fourth-order valence-corrected chi connectivity index (χ4v) is 4.11. The van der Waals surface area contributed by atoms with Crippen molar-refractivity contribution in [1.29, 1.82) is 0 Å². The Kier molecular flexibility index (Phi) is 4.41. The Labute approximate surface area is 158 Å². The minimum absolute atomic E-state index is 0.229. The molecule has 0 atom stereocenters. The van der Waals surface area contributed by atoms with Gasteiger partial charge in [0.2, 0.25) is 0 Å². The smallest absolute Gasteiger partial charge is 0.262 e. The van der Waals surface area contributed by atoms with E-state index in [0.717, 1.165) is 16.3 Å². The fraction of sp³-hybridized carbons (Fsp3) is 0.0952. The van der Waals surface area contributed by atoms with E-state index < -0.39 is 10.0 Å². The first-order valence-corrected chi connectivity index (χ1v) is 10.1. The number of aromatic nitrogens is 2. The summed E-state index contributed by atoms with van der Waals surface area (Å²) in [5.41, 5.74) is 2.73. The van der Waals surface area contributed by atoms with E-state index in [1.54, 1.807) is 23.0 Å². The number of hydrogen-bond donors (Lipinski definition) is 1. The van der Waals surface area contributed by atoms with Gasteiger partial charge in [-0.3, -0.25) is 9.40 Å². The predicted molar refractivity (Wildman–Crippen MR) is 107 cm³/mol. The van der Waals surface area contributed by atoms with Crippen LogP contribution in [0.3, 0.4) is 0 Å². The van der Waals surface area contributed by atoms with Crippen LogP contribution in [0.15, 0.2) is 84.0 Å². The zero-order valence-corrected chi connectivity index (χ0v) is 15.6. The van der Waals surface area contributed by atoms with E-state index >= 15 is 0 Å². The first-order chi connectivity index (χ1) is 13.0. The van der Waals surface area contributed by atoms with Crippen LogP contribution in [0.25, 0.3) is 10.8 Å². The molecule has 0 aliphatic heterocycles. The summed E-state index contributed by atoms with van der Waals surface area (Å²) < 4.78 is 29.7. The number of anilines is 1. The number of aryl methyl sites for hydroxylation is 1. The van der Waals surface area contributed by atoms with Crippen LogP contribution in [0.2, 0.25) is 0 Å². The molecule has 0 bridgehead atoms. The van der Waals surface area contributed by atoms with Gasteiger partial charge in [0, 0.05) is 6.20 Å². The highest BCUT2D eigenvalue weighted by Crippen LogP contribution is 2.21. The van der Waals surface area contributed by atoms with Gasteiger partial charge in [0.25, 0.3) is 10.0 Å². The summed E-state index contributed by atoms with van der Waals surface area (Å²) in [6.45, 7) is 2.62. The number of nitrogens with one attached hydrogen (secondary N) is 1. The molecule has 0 amide bonds. The van der Waals surface area contributed by atoms with Crippen LogP contribution in [-0.4, -0.2) is 18.2 Å². The highest BCUT2D eigenvalue weighted by atomic mass is 32.2. The van der Waals surface area contributed by atoms with Crippen LogP contribution in [0.1, 0.15) is 11.1 Å². The topological polar surface area (TPSA) is 64.0 Å². The van der Waals surface area contributed by atoms with Crippen molar-refractivity contribution in [3.8, 4) is 0 Å². The second-order valence-corrected chi connectivity index (χ2v) is 8.21. The minimum atomic E-state index is -3.67. The van der Waals surface area contributed by atoms with Crippen molar-refractivity contribution in [2.24, 2.45) is 0 Å². The second-order valence-electron chi connectivity index (χ2n) is 6.53. The molecule has 3 aromatic carbocycles. The molecule has 0 saturated heterocycles. The summed E-state index contributed by atoms with van der Waals surface area (Å²) in [7, 11) is -3.67. The second kappa shape index (κ2) is 6.89. The van der Waals surface area contributed by atoms with Crippen LogP contribution in [0, 0.1) is 6.92 Å². The quantitative estimate of drug-likeness (QED) is 0.567. The summed E-state index contributed by atoms with van der Waals surface area (Å²) in [5, 5.41) is 6.15. The van der Waals surface area contributed by atoms with Gasteiger partial charge in [-0.15, -0.1) is 0 Å². The van der Waals surface area contributed by atoms with Crippen molar-refractivity contribution in [3.63, 3.8) is 0 Å². The number of rotatable bonds is 5. The predicted octanol–water partition coefficient (Wildman–Crippen LogP) is 4.19. The summed E-state index contributed by atoms with van der Waals surface area (Å²) >= 11 is 0. The molecule has 27 heavy (non-hydrogen) atoms. The standard InChI is InChI=1S/C21H19N3O2S/c1-16-5-4-6-17(11-16)14-24-15-20(13-22-24)23-27(25,26)21-10-9-18-7-2-3-8-19(18)12-21/h2-13,15,23H,14H2,1H3. The van der Waals surface area contributed by atoms with E-state index in [2.05, 4.69) is 15.9 Å². The summed E-state index contributed by atoms with van der Waals surface area (Å²) in [6.07, 6.45) is 3.22. The van der Waals surface area contributed by atoms with Gasteiger partial charge in [0.05, 0.1) is 23.3 Å². The third-order valence-corrected chi connectivity index (χ3v) is 5.72. The lowest BCUT2D eigenvalue weighted by Gasteiger charge is -2.07. The minimum Gasteiger partial charge on any atom is -0.276 e. The van der Waals surface area contributed by atoms with Gasteiger partial charge in [0.15, 0.2) is 0 Å². The Hall–Kier alpha value is -3.12. The largest absolute Gasteiger partial charge is 0.276 e. The highest BCUT2D eigenvalue weighted by Gasteiger charge is 2.15. The first kappa shape index (κ1) is 17.3. The molecule has 0 spiro atoms. The average molecular weight is 377 g/mol. The fourth-order valence-electron chi connectivity index (χ4n) is 3.05. The van der Waals surface area contributed by atoms with E-state index in [-0.39, 0.29) is 4.90 Å². The molecule has 136 valence electrons. The van der Waals surface area contributed by atoms with Crippen molar-refractivity contribution in [2.45, 2.75) is 18.4 Å². The molecule has 5 nitrogen and oxygen atoms in total. The maximum absolute atomic E-state index is 12.7. The zero-order chi connectivity index (χ0) is 18.9. The van der Waals surface area contributed by atoms with E-state index in [1.165, 1.54) is 11.8 Å². The molecule has 0 saturated carbocycles. The lowest BCUT2D eigenvalue weighted by atomic mass is 10.1. The molecular weight excluding hydrogens is 358 g/mol. The normalized spacial score (nSPS) is 11.6. The Morgan fingerprint density at radius 1 is 0.963 bits per heavy atom. The van der Waals surface area contributed by atoms with Gasteiger partial charge < -0.3 is 0 Å². The number of benzene rings is 3. The van der Waals surface area contributed by atoms with Gasteiger partial charge in [0.1, 0.15) is 0 Å². The summed E-state index contributed by atoms with van der Waals surface area (Å²) in [5.74, 6) is 0. The van der Waals surface area contributed by atoms with Gasteiger partial charge in [-0.2, -0.15) is 5.10 Å². The van der Waals surface area contributed by atoms with Crippen LogP contribution in [0.4, 0.5) is 5.69 Å². The van der Waals surface area contributed by atoms with Crippen LogP contribution < -0.4 is 4.72 Å². The number of nitrogens with zero attached hydrogens (tertiary/aromatic N) is 2. The number of sulfonamides is 1. The van der Waals surface area contributed by atoms with Crippen LogP contribution in [-0.2, 0) is 16.6 Å². The lowest BCUT2D eigenvalue weighted by molar-refractivity contribution is 0.601. The van der Waals surface area contributed by atoms with Crippen molar-refractivity contribution >= 4 is 26.5 Å². The summed E-state index contributed by atoms with van der Waals surface area (Å²) in [6, 6.07) is 20.9. The molecule has 6 heteroatoms. The Balaban J connectivity index is 1.55. The van der Waals surface area contributed by atoms with Crippen LogP contribution >= 0.6 is 0 Å². The van der Waals surface area contributed by atoms with Gasteiger partial charge >= 0.3 is 0 Å². The van der Waals surface area contributed by atoms with E-state index in [4.69, 9.17) is 0 Å². The third kappa shape index (κ3) is 3.85. The molecule has 1 heterocycles. The molecule has 1 N–H and O–H groups in total. The van der Waals surface area contributed by atoms with Gasteiger partial charge in [-0.1, -0.05) is 60.2 Å². The lowest BCUT2D eigenvalue weighted by Crippen LogP contribution is -2.12. The monoisotopic (exact) mass is 377 g/mol. The molecule has 0 aliphatic rings. The summed E-state index contributed by atoms with van der Waals surface area (Å²) in [4.78, 5) is 0.229. The SMILES string of the molecule is Cc1cccc(Cn2cc(NS(=O)(=O)c3ccc4ccccc4c3)cn2)c1. The molecule has 4 aromatic rings. The molecule has 1 aromatic heterocycles. The highest BCUT2D eigenvalue weighted by molar-refractivity contribution is 7.92.